The number of hydrogen-bond acceptors (Lipinski definition) is 7. The molecule has 4 rings (SSSR count). The van der Waals surface area contributed by atoms with E-state index in [2.05, 4.69) is 15.2 Å². The van der Waals surface area contributed by atoms with Crippen molar-refractivity contribution in [1.29, 1.82) is 0 Å². The van der Waals surface area contributed by atoms with Gasteiger partial charge >= 0.3 is 0 Å². The Labute approximate surface area is 197 Å². The molecule has 0 aliphatic carbocycles. The molecule has 0 spiro atoms. The van der Waals surface area contributed by atoms with E-state index in [0.29, 0.717) is 22.3 Å². The Morgan fingerprint density at radius 1 is 1.00 bits per heavy atom. The molecule has 33 heavy (non-hydrogen) atoms. The number of phenols is 2. The minimum atomic E-state index is -0.0423. The Bertz CT molecular complexity index is 1240. The van der Waals surface area contributed by atoms with Crippen LogP contribution in [0.4, 0.5) is 5.69 Å². The van der Waals surface area contributed by atoms with Crippen LogP contribution in [0.1, 0.15) is 30.9 Å². The normalized spacial score (nSPS) is 11.2. The average molecular weight is 462 g/mol. The molecule has 7 nitrogen and oxygen atoms in total. The largest absolute Gasteiger partial charge is 0.508 e. The van der Waals surface area contributed by atoms with Gasteiger partial charge in [-0.1, -0.05) is 31.7 Å². The molecule has 2 N–H and O–H groups in total. The highest BCUT2D eigenvalue weighted by Crippen LogP contribution is 2.39. The number of aromatic nitrogens is 4. The highest BCUT2D eigenvalue weighted by atomic mass is 32.2. The third-order valence-corrected chi connectivity index (χ3v) is 6.36. The molecule has 0 bridgehead atoms. The van der Waals surface area contributed by atoms with Crippen LogP contribution in [0.2, 0.25) is 0 Å². The maximum atomic E-state index is 10.7. The SMILES string of the molecule is CC(C)c1cc(-c2nnc(SCc3cccnc3)n2-c2ccc(N(C)C)cc2)c(O)cc1O. The minimum Gasteiger partial charge on any atom is -0.508 e. The Kier molecular flexibility index (Phi) is 6.55. The second kappa shape index (κ2) is 9.54. The van der Waals surface area contributed by atoms with E-state index in [0.717, 1.165) is 22.5 Å². The number of nitrogens with zero attached hydrogens (tertiary/aromatic N) is 5. The summed E-state index contributed by atoms with van der Waals surface area (Å²) in [7, 11) is 3.99. The van der Waals surface area contributed by atoms with Gasteiger partial charge in [-0.3, -0.25) is 9.55 Å². The lowest BCUT2D eigenvalue weighted by atomic mass is 9.98. The van der Waals surface area contributed by atoms with Crippen molar-refractivity contribution in [1.82, 2.24) is 19.7 Å². The van der Waals surface area contributed by atoms with Gasteiger partial charge in [-0.15, -0.1) is 10.2 Å². The van der Waals surface area contributed by atoms with Gasteiger partial charge in [0.25, 0.3) is 0 Å². The lowest BCUT2D eigenvalue weighted by Crippen LogP contribution is -2.08. The maximum absolute atomic E-state index is 10.7. The topological polar surface area (TPSA) is 87.3 Å². The molecule has 2 aromatic heterocycles. The Balaban J connectivity index is 1.82. The summed E-state index contributed by atoms with van der Waals surface area (Å²) in [6.45, 7) is 3.99. The van der Waals surface area contributed by atoms with Crippen molar-refractivity contribution in [2.24, 2.45) is 0 Å². The van der Waals surface area contributed by atoms with Crippen LogP contribution in [0.3, 0.4) is 0 Å². The first-order valence-corrected chi connectivity index (χ1v) is 11.6. The van der Waals surface area contributed by atoms with Crippen LogP contribution in [0.25, 0.3) is 17.1 Å². The lowest BCUT2D eigenvalue weighted by Gasteiger charge is -2.16. The zero-order valence-corrected chi connectivity index (χ0v) is 19.9. The van der Waals surface area contributed by atoms with E-state index in [1.165, 1.54) is 6.07 Å². The molecule has 8 heteroatoms. The summed E-state index contributed by atoms with van der Waals surface area (Å²) in [4.78, 5) is 6.22. The molecule has 0 saturated heterocycles. The monoisotopic (exact) mass is 461 g/mol. The van der Waals surface area contributed by atoms with Crippen molar-refractivity contribution in [3.05, 3.63) is 72.1 Å². The quantitative estimate of drug-likeness (QED) is 0.365. The van der Waals surface area contributed by atoms with Crippen LogP contribution in [0, 0.1) is 0 Å². The van der Waals surface area contributed by atoms with E-state index in [4.69, 9.17) is 0 Å². The standard InChI is InChI=1S/C25H27N5O2S/c1-16(2)20-12-21(23(32)13-22(20)31)24-27-28-25(33-15-17-6-5-11-26-14-17)30(24)19-9-7-18(8-10-19)29(3)4/h5-14,16,31-32H,15H2,1-4H3. The van der Waals surface area contributed by atoms with Crippen molar-refractivity contribution in [3.8, 4) is 28.6 Å². The molecule has 0 aliphatic heterocycles. The smallest absolute Gasteiger partial charge is 0.196 e. The molecule has 0 aliphatic rings. The summed E-state index contributed by atoms with van der Waals surface area (Å²) >= 11 is 1.55. The Morgan fingerprint density at radius 2 is 1.76 bits per heavy atom. The second-order valence-corrected chi connectivity index (χ2v) is 9.23. The van der Waals surface area contributed by atoms with Crippen molar-refractivity contribution < 1.29 is 10.2 Å². The van der Waals surface area contributed by atoms with Crippen LogP contribution >= 0.6 is 11.8 Å². The number of benzene rings is 2. The first kappa shape index (κ1) is 22.7. The number of thioether (sulfide) groups is 1. The van der Waals surface area contributed by atoms with Crippen molar-refractivity contribution in [3.63, 3.8) is 0 Å². The van der Waals surface area contributed by atoms with E-state index in [1.807, 2.05) is 80.0 Å². The molecule has 0 atom stereocenters. The number of hydrogen-bond donors (Lipinski definition) is 2. The zero-order valence-electron chi connectivity index (χ0n) is 19.1. The fraction of sp³-hybridized carbons (Fsp3) is 0.240. The first-order chi connectivity index (χ1) is 15.8. The second-order valence-electron chi connectivity index (χ2n) is 8.29. The van der Waals surface area contributed by atoms with Crippen LogP contribution in [0.15, 0.2) is 66.1 Å². The summed E-state index contributed by atoms with van der Waals surface area (Å²) in [6.07, 6.45) is 3.59. The van der Waals surface area contributed by atoms with Gasteiger partial charge in [-0.2, -0.15) is 0 Å². The molecule has 0 unspecified atom stereocenters. The maximum Gasteiger partial charge on any atom is 0.196 e. The van der Waals surface area contributed by atoms with Crippen LogP contribution in [0.5, 0.6) is 11.5 Å². The third kappa shape index (κ3) is 4.80. The van der Waals surface area contributed by atoms with Gasteiger partial charge in [0, 0.05) is 49.7 Å². The molecular formula is C25H27N5O2S. The summed E-state index contributed by atoms with van der Waals surface area (Å²) in [5.74, 6) is 1.30. The lowest BCUT2D eigenvalue weighted by molar-refractivity contribution is 0.444. The molecule has 0 amide bonds. The zero-order chi connectivity index (χ0) is 23.5. The molecule has 2 aromatic carbocycles. The molecule has 4 aromatic rings. The highest BCUT2D eigenvalue weighted by Gasteiger charge is 2.21. The summed E-state index contributed by atoms with van der Waals surface area (Å²) < 4.78 is 1.94. The van der Waals surface area contributed by atoms with Gasteiger partial charge in [-0.05, 0) is 53.4 Å². The number of rotatable bonds is 7. The van der Waals surface area contributed by atoms with Gasteiger partial charge in [0.1, 0.15) is 11.5 Å². The number of aromatic hydroxyl groups is 2. The van der Waals surface area contributed by atoms with E-state index in [1.54, 1.807) is 24.0 Å². The first-order valence-electron chi connectivity index (χ1n) is 10.7. The summed E-state index contributed by atoms with van der Waals surface area (Å²) in [5, 5.41) is 30.6. The van der Waals surface area contributed by atoms with Crippen molar-refractivity contribution in [2.45, 2.75) is 30.7 Å². The van der Waals surface area contributed by atoms with Gasteiger partial charge in [-0.25, -0.2) is 0 Å². The van der Waals surface area contributed by atoms with Crippen molar-refractivity contribution in [2.75, 3.05) is 19.0 Å². The number of anilines is 1. The van der Waals surface area contributed by atoms with E-state index >= 15 is 0 Å². The van der Waals surface area contributed by atoms with Crippen LogP contribution < -0.4 is 4.90 Å². The van der Waals surface area contributed by atoms with Crippen LogP contribution in [-0.4, -0.2) is 44.1 Å². The molecule has 170 valence electrons. The molecule has 2 heterocycles. The molecule has 0 fully saturated rings. The van der Waals surface area contributed by atoms with E-state index in [-0.39, 0.29) is 17.4 Å². The van der Waals surface area contributed by atoms with E-state index in [9.17, 15) is 10.2 Å². The third-order valence-electron chi connectivity index (χ3n) is 5.36. The Morgan fingerprint density at radius 3 is 2.39 bits per heavy atom. The predicted octanol–water partition coefficient (Wildman–Crippen LogP) is 5.22. The number of pyridine rings is 1. The van der Waals surface area contributed by atoms with Gasteiger partial charge in [0.2, 0.25) is 0 Å². The number of phenolic OH excluding ortho intramolecular Hbond substituents is 2. The highest BCUT2D eigenvalue weighted by molar-refractivity contribution is 7.98. The summed E-state index contributed by atoms with van der Waals surface area (Å²) in [5.41, 5.74) is 4.30. The molecule has 0 radical (unpaired) electrons. The fourth-order valence-corrected chi connectivity index (χ4v) is 4.42. The van der Waals surface area contributed by atoms with Crippen molar-refractivity contribution >= 4 is 17.4 Å². The fourth-order valence-electron chi connectivity index (χ4n) is 3.54. The summed E-state index contributed by atoms with van der Waals surface area (Å²) in [6, 6.07) is 15.2. The van der Waals surface area contributed by atoms with Gasteiger partial charge < -0.3 is 15.1 Å². The Hall–Kier alpha value is -3.52. The minimum absolute atomic E-state index is 0.0423. The van der Waals surface area contributed by atoms with E-state index < -0.39 is 0 Å². The van der Waals surface area contributed by atoms with Gasteiger partial charge in [0.05, 0.1) is 5.56 Å². The molecule has 0 saturated carbocycles. The van der Waals surface area contributed by atoms with Gasteiger partial charge in [0.15, 0.2) is 11.0 Å². The average Bonchev–Trinajstić information content (AvgIpc) is 3.22. The van der Waals surface area contributed by atoms with Crippen LogP contribution in [-0.2, 0) is 5.75 Å². The molecular weight excluding hydrogens is 434 g/mol. The predicted molar refractivity (Wildman–Crippen MR) is 132 cm³/mol.